The van der Waals surface area contributed by atoms with Crippen LogP contribution in [0.3, 0.4) is 0 Å². The first-order valence-corrected chi connectivity index (χ1v) is 6.13. The van der Waals surface area contributed by atoms with Crippen LogP contribution in [0.4, 0.5) is 0 Å². The summed E-state index contributed by atoms with van der Waals surface area (Å²) >= 11 is 5.70. The SMILES string of the molecule is CC(CCCl)CCN(C)CC(C)(C)C. The Balaban J connectivity index is 3.58. The number of halogens is 1. The fourth-order valence-electron chi connectivity index (χ4n) is 1.66. The van der Waals surface area contributed by atoms with Gasteiger partial charge in [0.05, 0.1) is 0 Å². The molecule has 0 radical (unpaired) electrons. The van der Waals surface area contributed by atoms with Crippen LogP contribution in [-0.4, -0.2) is 30.9 Å². The van der Waals surface area contributed by atoms with E-state index in [0.717, 1.165) is 18.2 Å². The van der Waals surface area contributed by atoms with Crippen LogP contribution in [0, 0.1) is 11.3 Å². The molecule has 0 rings (SSSR count). The van der Waals surface area contributed by atoms with Crippen molar-refractivity contribution in [1.82, 2.24) is 4.90 Å². The Labute approximate surface area is 94.8 Å². The second kappa shape index (κ2) is 6.68. The molecule has 86 valence electrons. The molecule has 1 unspecified atom stereocenters. The lowest BCUT2D eigenvalue weighted by molar-refractivity contribution is 0.215. The average molecular weight is 220 g/mol. The predicted molar refractivity (Wildman–Crippen MR) is 66.1 cm³/mol. The molecular weight excluding hydrogens is 194 g/mol. The van der Waals surface area contributed by atoms with Gasteiger partial charge in [0.1, 0.15) is 0 Å². The molecule has 0 saturated heterocycles. The van der Waals surface area contributed by atoms with E-state index in [9.17, 15) is 0 Å². The van der Waals surface area contributed by atoms with E-state index >= 15 is 0 Å². The zero-order chi connectivity index (χ0) is 11.2. The molecule has 0 aromatic rings. The summed E-state index contributed by atoms with van der Waals surface area (Å²) in [6, 6.07) is 0. The molecule has 1 atom stereocenters. The molecule has 0 amide bonds. The molecule has 0 aliphatic carbocycles. The Hall–Kier alpha value is 0.250. The molecule has 0 spiro atoms. The van der Waals surface area contributed by atoms with Crippen LogP contribution in [-0.2, 0) is 0 Å². The minimum Gasteiger partial charge on any atom is -0.306 e. The number of alkyl halides is 1. The molecule has 0 heterocycles. The summed E-state index contributed by atoms with van der Waals surface area (Å²) in [5.74, 6) is 1.55. The van der Waals surface area contributed by atoms with Crippen molar-refractivity contribution < 1.29 is 0 Å². The van der Waals surface area contributed by atoms with Gasteiger partial charge in [-0.05, 0) is 37.8 Å². The van der Waals surface area contributed by atoms with E-state index in [0.29, 0.717) is 5.41 Å². The van der Waals surface area contributed by atoms with Crippen LogP contribution in [0.2, 0.25) is 0 Å². The van der Waals surface area contributed by atoms with Gasteiger partial charge in [-0.2, -0.15) is 0 Å². The minimum absolute atomic E-state index is 0.407. The molecule has 0 saturated carbocycles. The lowest BCUT2D eigenvalue weighted by atomic mass is 9.96. The minimum atomic E-state index is 0.407. The highest BCUT2D eigenvalue weighted by Crippen LogP contribution is 2.15. The van der Waals surface area contributed by atoms with Crippen LogP contribution >= 0.6 is 11.6 Å². The molecule has 0 fully saturated rings. The van der Waals surface area contributed by atoms with Crippen molar-refractivity contribution in [2.24, 2.45) is 11.3 Å². The van der Waals surface area contributed by atoms with Crippen molar-refractivity contribution in [3.63, 3.8) is 0 Å². The molecule has 2 heteroatoms. The van der Waals surface area contributed by atoms with Crippen molar-refractivity contribution in [1.29, 1.82) is 0 Å². The first-order chi connectivity index (χ1) is 6.35. The van der Waals surface area contributed by atoms with Gasteiger partial charge in [0.2, 0.25) is 0 Å². The van der Waals surface area contributed by atoms with E-state index in [-0.39, 0.29) is 0 Å². The zero-order valence-electron chi connectivity index (χ0n) is 10.4. The molecule has 0 N–H and O–H groups in total. The van der Waals surface area contributed by atoms with E-state index in [4.69, 9.17) is 11.6 Å². The standard InChI is InChI=1S/C12H26ClN/c1-11(6-8-13)7-9-14(5)10-12(2,3)4/h11H,6-10H2,1-5H3. The molecule has 0 aliphatic heterocycles. The van der Waals surface area contributed by atoms with Crippen molar-refractivity contribution in [2.75, 3.05) is 26.0 Å². The highest BCUT2D eigenvalue weighted by atomic mass is 35.5. The van der Waals surface area contributed by atoms with E-state index in [1.807, 2.05) is 0 Å². The number of hydrogen-bond acceptors (Lipinski definition) is 1. The maximum atomic E-state index is 5.70. The van der Waals surface area contributed by atoms with Crippen LogP contribution in [0.1, 0.15) is 40.5 Å². The Morgan fingerprint density at radius 3 is 2.21 bits per heavy atom. The second-order valence-corrected chi connectivity index (χ2v) is 6.05. The monoisotopic (exact) mass is 219 g/mol. The van der Waals surface area contributed by atoms with E-state index in [1.54, 1.807) is 0 Å². The molecule has 0 aromatic carbocycles. The fraction of sp³-hybridized carbons (Fsp3) is 1.00. The lowest BCUT2D eigenvalue weighted by Crippen LogP contribution is -2.30. The topological polar surface area (TPSA) is 3.24 Å². The molecule has 0 aromatic heterocycles. The summed E-state index contributed by atoms with van der Waals surface area (Å²) < 4.78 is 0. The lowest BCUT2D eigenvalue weighted by Gasteiger charge is -2.27. The van der Waals surface area contributed by atoms with Crippen molar-refractivity contribution in [3.05, 3.63) is 0 Å². The molecule has 0 aliphatic rings. The summed E-state index contributed by atoms with van der Waals surface area (Å²) in [5.41, 5.74) is 0.407. The van der Waals surface area contributed by atoms with E-state index in [1.165, 1.54) is 19.5 Å². The van der Waals surface area contributed by atoms with Crippen molar-refractivity contribution in [3.8, 4) is 0 Å². The predicted octanol–water partition coefficient (Wildman–Crippen LogP) is 3.62. The third-order valence-corrected chi connectivity index (χ3v) is 2.57. The van der Waals surface area contributed by atoms with Gasteiger partial charge in [-0.15, -0.1) is 11.6 Å². The largest absolute Gasteiger partial charge is 0.306 e. The van der Waals surface area contributed by atoms with Gasteiger partial charge >= 0.3 is 0 Å². The van der Waals surface area contributed by atoms with Gasteiger partial charge in [-0.1, -0.05) is 27.7 Å². The summed E-state index contributed by atoms with van der Waals surface area (Å²) in [7, 11) is 2.21. The maximum absolute atomic E-state index is 5.70. The summed E-state index contributed by atoms with van der Waals surface area (Å²) in [5, 5.41) is 0. The average Bonchev–Trinajstić information content (AvgIpc) is 1.98. The number of nitrogens with zero attached hydrogens (tertiary/aromatic N) is 1. The van der Waals surface area contributed by atoms with Crippen LogP contribution in [0.25, 0.3) is 0 Å². The Morgan fingerprint density at radius 2 is 1.79 bits per heavy atom. The van der Waals surface area contributed by atoms with Gasteiger partial charge in [-0.25, -0.2) is 0 Å². The third kappa shape index (κ3) is 8.83. The first kappa shape index (κ1) is 14.2. The third-order valence-electron chi connectivity index (χ3n) is 2.35. The molecular formula is C12H26ClN. The maximum Gasteiger partial charge on any atom is 0.0225 e. The summed E-state index contributed by atoms with van der Waals surface area (Å²) in [6.45, 7) is 11.5. The second-order valence-electron chi connectivity index (χ2n) is 5.67. The Kier molecular flexibility index (Phi) is 6.80. The molecule has 14 heavy (non-hydrogen) atoms. The Morgan fingerprint density at radius 1 is 1.21 bits per heavy atom. The van der Waals surface area contributed by atoms with Gasteiger partial charge in [-0.3, -0.25) is 0 Å². The van der Waals surface area contributed by atoms with Gasteiger partial charge in [0, 0.05) is 12.4 Å². The zero-order valence-corrected chi connectivity index (χ0v) is 11.2. The van der Waals surface area contributed by atoms with Gasteiger partial charge in [0.25, 0.3) is 0 Å². The molecule has 1 nitrogen and oxygen atoms in total. The van der Waals surface area contributed by atoms with E-state index in [2.05, 4.69) is 39.6 Å². The quantitative estimate of drug-likeness (QED) is 0.617. The fourth-order valence-corrected chi connectivity index (χ4v) is 2.03. The van der Waals surface area contributed by atoms with E-state index < -0.39 is 0 Å². The van der Waals surface area contributed by atoms with Crippen LogP contribution in [0.5, 0.6) is 0 Å². The normalized spacial score (nSPS) is 14.8. The number of rotatable bonds is 6. The van der Waals surface area contributed by atoms with Gasteiger partial charge < -0.3 is 4.90 Å². The summed E-state index contributed by atoms with van der Waals surface area (Å²) in [6.07, 6.45) is 2.41. The highest BCUT2D eigenvalue weighted by Gasteiger charge is 2.13. The van der Waals surface area contributed by atoms with Crippen molar-refractivity contribution >= 4 is 11.6 Å². The van der Waals surface area contributed by atoms with Crippen LogP contribution in [0.15, 0.2) is 0 Å². The van der Waals surface area contributed by atoms with Crippen LogP contribution < -0.4 is 0 Å². The summed E-state index contributed by atoms with van der Waals surface area (Å²) in [4.78, 5) is 2.42. The molecule has 0 bridgehead atoms. The van der Waals surface area contributed by atoms with Crippen molar-refractivity contribution in [2.45, 2.75) is 40.5 Å². The smallest absolute Gasteiger partial charge is 0.0225 e. The number of hydrogen-bond donors (Lipinski definition) is 0. The Bertz CT molecular complexity index is 140. The first-order valence-electron chi connectivity index (χ1n) is 5.59. The highest BCUT2D eigenvalue weighted by molar-refractivity contribution is 6.17. The van der Waals surface area contributed by atoms with Gasteiger partial charge in [0.15, 0.2) is 0 Å².